The molecular formula is C37H25N3. The fraction of sp³-hybridized carbons (Fsp3) is 0. The lowest BCUT2D eigenvalue weighted by molar-refractivity contribution is 1.05. The number of aromatic nitrogens is 3. The quantitative estimate of drug-likeness (QED) is 0.231. The van der Waals surface area contributed by atoms with E-state index in [1.54, 1.807) is 0 Å². The molecule has 3 heterocycles. The molecule has 3 nitrogen and oxygen atoms in total. The lowest BCUT2D eigenvalue weighted by atomic mass is 10.0. The number of pyridine rings is 1. The maximum Gasteiger partial charge on any atom is 0.138 e. The normalized spacial score (nSPS) is 11.5. The summed E-state index contributed by atoms with van der Waals surface area (Å²) in [5.41, 5.74) is 9.09. The molecule has 0 saturated heterocycles. The van der Waals surface area contributed by atoms with E-state index < -0.39 is 0 Å². The first-order chi connectivity index (χ1) is 19.8. The lowest BCUT2D eigenvalue weighted by Crippen LogP contribution is -1.99. The van der Waals surface area contributed by atoms with Crippen LogP contribution in [-0.4, -0.2) is 14.1 Å². The van der Waals surface area contributed by atoms with Crippen LogP contribution in [0, 0.1) is 0 Å². The fourth-order valence-corrected chi connectivity index (χ4v) is 5.85. The molecule has 0 atom stereocenters. The molecule has 0 bridgehead atoms. The number of nitrogens with zero attached hydrogens (tertiary/aromatic N) is 3. The molecule has 0 amide bonds. The SMILES string of the molecule is c1ccc(-c2cc(-c3ccccc3)nc(-n3ccc4cc5c(cc43)c3ccccc3n5-c3ccccc3)c2)cc1. The first-order valence-corrected chi connectivity index (χ1v) is 13.6. The van der Waals surface area contributed by atoms with Crippen molar-refractivity contribution < 1.29 is 0 Å². The van der Waals surface area contributed by atoms with Crippen molar-refractivity contribution in [1.29, 1.82) is 0 Å². The summed E-state index contributed by atoms with van der Waals surface area (Å²) in [5, 5.41) is 3.65. The van der Waals surface area contributed by atoms with E-state index in [1.165, 1.54) is 32.8 Å². The predicted octanol–water partition coefficient (Wildman–Crippen LogP) is 9.46. The molecule has 5 aromatic carbocycles. The van der Waals surface area contributed by atoms with Gasteiger partial charge < -0.3 is 9.13 Å². The van der Waals surface area contributed by atoms with Crippen molar-refractivity contribution in [2.45, 2.75) is 0 Å². The van der Waals surface area contributed by atoms with Crippen LogP contribution in [-0.2, 0) is 0 Å². The van der Waals surface area contributed by atoms with E-state index >= 15 is 0 Å². The van der Waals surface area contributed by atoms with Gasteiger partial charge >= 0.3 is 0 Å². The largest absolute Gasteiger partial charge is 0.309 e. The van der Waals surface area contributed by atoms with E-state index in [0.717, 1.165) is 33.8 Å². The van der Waals surface area contributed by atoms with Crippen molar-refractivity contribution in [2.24, 2.45) is 0 Å². The summed E-state index contributed by atoms with van der Waals surface area (Å²) in [4.78, 5) is 5.17. The predicted molar refractivity (Wildman–Crippen MR) is 166 cm³/mol. The average molecular weight is 512 g/mol. The minimum Gasteiger partial charge on any atom is -0.309 e. The maximum absolute atomic E-state index is 5.17. The van der Waals surface area contributed by atoms with Gasteiger partial charge in [-0.3, -0.25) is 0 Å². The van der Waals surface area contributed by atoms with Gasteiger partial charge in [-0.15, -0.1) is 0 Å². The van der Waals surface area contributed by atoms with Crippen LogP contribution in [0.4, 0.5) is 0 Å². The second kappa shape index (κ2) is 9.11. The first kappa shape index (κ1) is 22.6. The van der Waals surface area contributed by atoms with Gasteiger partial charge in [0.05, 0.1) is 22.2 Å². The van der Waals surface area contributed by atoms with E-state index in [2.05, 4.69) is 155 Å². The average Bonchev–Trinajstić information content (AvgIpc) is 3.59. The third kappa shape index (κ3) is 3.63. The van der Waals surface area contributed by atoms with Crippen LogP contribution in [0.1, 0.15) is 0 Å². The number of fused-ring (bicyclic) bond motifs is 4. The van der Waals surface area contributed by atoms with Crippen LogP contribution in [0.5, 0.6) is 0 Å². The lowest BCUT2D eigenvalue weighted by Gasteiger charge is -2.12. The Morgan fingerprint density at radius 1 is 0.450 bits per heavy atom. The molecular weight excluding hydrogens is 486 g/mol. The minimum absolute atomic E-state index is 0.904. The fourth-order valence-electron chi connectivity index (χ4n) is 5.85. The van der Waals surface area contributed by atoms with Crippen molar-refractivity contribution in [3.63, 3.8) is 0 Å². The molecule has 0 aliphatic heterocycles. The zero-order valence-corrected chi connectivity index (χ0v) is 21.8. The van der Waals surface area contributed by atoms with E-state index in [1.807, 2.05) is 6.07 Å². The molecule has 0 fully saturated rings. The van der Waals surface area contributed by atoms with Gasteiger partial charge in [0.2, 0.25) is 0 Å². The van der Waals surface area contributed by atoms with Crippen molar-refractivity contribution in [2.75, 3.05) is 0 Å². The van der Waals surface area contributed by atoms with Gasteiger partial charge in [0.15, 0.2) is 0 Å². The summed E-state index contributed by atoms with van der Waals surface area (Å²) in [6.45, 7) is 0. The zero-order valence-electron chi connectivity index (χ0n) is 21.8. The summed E-state index contributed by atoms with van der Waals surface area (Å²) in [7, 11) is 0. The molecule has 40 heavy (non-hydrogen) atoms. The van der Waals surface area contributed by atoms with Crippen LogP contribution in [0.2, 0.25) is 0 Å². The van der Waals surface area contributed by atoms with Crippen LogP contribution < -0.4 is 0 Å². The molecule has 188 valence electrons. The molecule has 0 saturated carbocycles. The molecule has 0 spiro atoms. The monoisotopic (exact) mass is 511 g/mol. The Morgan fingerprint density at radius 3 is 1.90 bits per heavy atom. The maximum atomic E-state index is 5.17. The van der Waals surface area contributed by atoms with Gasteiger partial charge in [-0.25, -0.2) is 4.98 Å². The molecule has 0 unspecified atom stereocenters. The van der Waals surface area contributed by atoms with Crippen molar-refractivity contribution in [3.05, 3.63) is 152 Å². The third-order valence-electron chi connectivity index (χ3n) is 7.73. The molecule has 3 aromatic heterocycles. The van der Waals surface area contributed by atoms with Gasteiger partial charge in [-0.2, -0.15) is 0 Å². The summed E-state index contributed by atoms with van der Waals surface area (Å²) in [6, 6.07) is 51.4. The van der Waals surface area contributed by atoms with E-state index in [0.29, 0.717) is 0 Å². The highest BCUT2D eigenvalue weighted by Crippen LogP contribution is 2.36. The number of benzene rings is 5. The van der Waals surface area contributed by atoms with E-state index in [4.69, 9.17) is 4.98 Å². The molecule has 0 N–H and O–H groups in total. The van der Waals surface area contributed by atoms with Crippen molar-refractivity contribution in [1.82, 2.24) is 14.1 Å². The highest BCUT2D eigenvalue weighted by molar-refractivity contribution is 6.13. The van der Waals surface area contributed by atoms with Gasteiger partial charge in [0, 0.05) is 33.6 Å². The zero-order chi connectivity index (χ0) is 26.5. The van der Waals surface area contributed by atoms with Crippen LogP contribution >= 0.6 is 0 Å². The Hall–Kier alpha value is -5.41. The van der Waals surface area contributed by atoms with Gasteiger partial charge in [-0.05, 0) is 59.7 Å². The van der Waals surface area contributed by atoms with Crippen LogP contribution in [0.15, 0.2) is 152 Å². The second-order valence-electron chi connectivity index (χ2n) is 10.1. The Kier molecular flexibility index (Phi) is 5.14. The van der Waals surface area contributed by atoms with E-state index in [-0.39, 0.29) is 0 Å². The molecule has 0 aliphatic rings. The minimum atomic E-state index is 0.904. The molecule has 3 heteroatoms. The molecule has 0 radical (unpaired) electrons. The molecule has 8 aromatic rings. The first-order valence-electron chi connectivity index (χ1n) is 13.6. The van der Waals surface area contributed by atoms with Gasteiger partial charge in [0.1, 0.15) is 5.82 Å². The topological polar surface area (TPSA) is 22.8 Å². The number of hydrogen-bond acceptors (Lipinski definition) is 1. The van der Waals surface area contributed by atoms with Crippen LogP contribution in [0.25, 0.3) is 66.6 Å². The van der Waals surface area contributed by atoms with Gasteiger partial charge in [-0.1, -0.05) is 97.1 Å². The highest BCUT2D eigenvalue weighted by atomic mass is 15.1. The Bertz CT molecular complexity index is 2080. The second-order valence-corrected chi connectivity index (χ2v) is 10.1. The van der Waals surface area contributed by atoms with Crippen LogP contribution in [0.3, 0.4) is 0 Å². The number of rotatable bonds is 4. The Balaban J connectivity index is 1.39. The molecule has 0 aliphatic carbocycles. The van der Waals surface area contributed by atoms with E-state index in [9.17, 15) is 0 Å². The van der Waals surface area contributed by atoms with Gasteiger partial charge in [0.25, 0.3) is 0 Å². The number of hydrogen-bond donors (Lipinski definition) is 0. The molecule has 8 rings (SSSR count). The Labute approximate surface area is 232 Å². The summed E-state index contributed by atoms with van der Waals surface area (Å²) >= 11 is 0. The van der Waals surface area contributed by atoms with Crippen molar-refractivity contribution in [3.8, 4) is 33.9 Å². The smallest absolute Gasteiger partial charge is 0.138 e. The third-order valence-corrected chi connectivity index (χ3v) is 7.73. The summed E-state index contributed by atoms with van der Waals surface area (Å²) in [5.74, 6) is 0.904. The Morgan fingerprint density at radius 2 is 1.12 bits per heavy atom. The summed E-state index contributed by atoms with van der Waals surface area (Å²) in [6.07, 6.45) is 2.14. The van der Waals surface area contributed by atoms with Crippen molar-refractivity contribution >= 4 is 32.7 Å². The summed E-state index contributed by atoms with van der Waals surface area (Å²) < 4.78 is 4.59. The highest BCUT2D eigenvalue weighted by Gasteiger charge is 2.16. The standard InChI is InChI=1S/C37H25N3/c1-4-12-26(13-5-1)29-22-33(27-14-6-2-7-15-27)38-37(24-29)39-21-20-28-23-36-32(25-35(28)39)31-18-10-11-19-34(31)40(36)30-16-8-3-9-17-30/h1-25H. The number of para-hydroxylation sites is 2.